The summed E-state index contributed by atoms with van der Waals surface area (Å²) < 4.78 is 10.9. The highest BCUT2D eigenvalue weighted by Crippen LogP contribution is 2.37. The van der Waals surface area contributed by atoms with E-state index in [0.29, 0.717) is 43.6 Å². The summed E-state index contributed by atoms with van der Waals surface area (Å²) in [5.41, 5.74) is 2.68. The summed E-state index contributed by atoms with van der Waals surface area (Å²) in [6.45, 7) is 4.85. The van der Waals surface area contributed by atoms with E-state index in [1.165, 1.54) is 0 Å². The van der Waals surface area contributed by atoms with Gasteiger partial charge in [0.2, 0.25) is 0 Å². The van der Waals surface area contributed by atoms with Crippen molar-refractivity contribution in [1.82, 2.24) is 20.4 Å². The summed E-state index contributed by atoms with van der Waals surface area (Å²) in [6, 6.07) is 19.7. The van der Waals surface area contributed by atoms with Crippen molar-refractivity contribution in [1.29, 1.82) is 0 Å². The van der Waals surface area contributed by atoms with Gasteiger partial charge in [-0.1, -0.05) is 60.7 Å². The maximum atomic E-state index is 14.2. The van der Waals surface area contributed by atoms with Crippen LogP contribution in [-0.2, 0) is 14.3 Å². The average Bonchev–Trinajstić information content (AvgIpc) is 2.87. The number of rotatable bonds is 10. The van der Waals surface area contributed by atoms with Crippen LogP contribution in [0.3, 0.4) is 0 Å². The van der Waals surface area contributed by atoms with Gasteiger partial charge in [-0.05, 0) is 36.7 Å². The molecule has 2 aliphatic rings. The highest BCUT2D eigenvalue weighted by atomic mass is 32.1. The zero-order chi connectivity index (χ0) is 23.9. The topological polar surface area (TPSA) is 66.1 Å². The van der Waals surface area contributed by atoms with Crippen LogP contribution in [0.5, 0.6) is 0 Å². The van der Waals surface area contributed by atoms with Crippen molar-refractivity contribution in [2.24, 2.45) is 0 Å². The Kier molecular flexibility index (Phi) is 8.16. The van der Waals surface area contributed by atoms with Gasteiger partial charge in [0.15, 0.2) is 5.11 Å². The van der Waals surface area contributed by atoms with Gasteiger partial charge >= 0.3 is 0 Å². The first-order valence-corrected chi connectivity index (χ1v) is 12.1. The molecule has 34 heavy (non-hydrogen) atoms. The van der Waals surface area contributed by atoms with E-state index in [4.69, 9.17) is 21.7 Å². The number of thiocarbonyl (C=S) groups is 1. The standard InChI is InChI=1S/C26H32N4O3S/c1-3-33-17-10-15-29-23(20-13-8-5-9-14-20)28-24-21(25(29)31)22(19-11-6-4-7-12-19)27-26(34)30(24)16-18-32-2/h4-9,11-14,22-23,28H,3,10,15-18H2,1-2H3,(H,27,34)/t22-,23+/m1/s1. The van der Waals surface area contributed by atoms with Crippen LogP contribution >= 0.6 is 12.2 Å². The van der Waals surface area contributed by atoms with E-state index in [1.807, 2.05) is 77.4 Å². The van der Waals surface area contributed by atoms with E-state index in [2.05, 4.69) is 10.6 Å². The molecule has 0 spiro atoms. The number of carbonyl (C=O) groups excluding carboxylic acids is 1. The lowest BCUT2D eigenvalue weighted by atomic mass is 9.93. The van der Waals surface area contributed by atoms with Crippen molar-refractivity contribution < 1.29 is 14.3 Å². The molecular weight excluding hydrogens is 448 g/mol. The highest BCUT2D eigenvalue weighted by molar-refractivity contribution is 7.80. The van der Waals surface area contributed by atoms with Gasteiger partial charge in [0.25, 0.3) is 5.91 Å². The molecule has 8 heteroatoms. The number of carbonyl (C=O) groups is 1. The molecule has 2 N–H and O–H groups in total. The molecule has 0 saturated carbocycles. The van der Waals surface area contributed by atoms with Crippen LogP contribution in [-0.4, -0.2) is 60.8 Å². The summed E-state index contributed by atoms with van der Waals surface area (Å²) in [4.78, 5) is 18.0. The molecular formula is C26H32N4O3S. The molecule has 2 aromatic rings. The van der Waals surface area contributed by atoms with Crippen molar-refractivity contribution >= 4 is 23.2 Å². The van der Waals surface area contributed by atoms with E-state index in [0.717, 1.165) is 23.4 Å². The molecule has 0 aromatic heterocycles. The minimum Gasteiger partial charge on any atom is -0.383 e. The van der Waals surface area contributed by atoms with Crippen LogP contribution in [0.1, 0.15) is 36.7 Å². The predicted molar refractivity (Wildman–Crippen MR) is 136 cm³/mol. The van der Waals surface area contributed by atoms with E-state index in [1.54, 1.807) is 7.11 Å². The number of ether oxygens (including phenoxy) is 2. The van der Waals surface area contributed by atoms with Crippen LogP contribution in [0.15, 0.2) is 72.1 Å². The molecule has 0 bridgehead atoms. The zero-order valence-electron chi connectivity index (χ0n) is 19.7. The van der Waals surface area contributed by atoms with Crippen LogP contribution in [0.2, 0.25) is 0 Å². The molecule has 0 saturated heterocycles. The van der Waals surface area contributed by atoms with Gasteiger partial charge in [-0.25, -0.2) is 0 Å². The summed E-state index contributed by atoms with van der Waals surface area (Å²) in [6.07, 6.45) is 0.444. The minimum absolute atomic E-state index is 0.00892. The van der Waals surface area contributed by atoms with Crippen molar-refractivity contribution in [3.05, 3.63) is 83.2 Å². The first-order chi connectivity index (χ1) is 16.7. The van der Waals surface area contributed by atoms with Crippen molar-refractivity contribution in [3.63, 3.8) is 0 Å². The number of nitrogens with one attached hydrogen (secondary N) is 2. The van der Waals surface area contributed by atoms with Crippen LogP contribution in [0.4, 0.5) is 0 Å². The lowest BCUT2D eigenvalue weighted by molar-refractivity contribution is -0.132. The Morgan fingerprint density at radius 1 is 0.941 bits per heavy atom. The molecule has 4 rings (SSSR count). The fourth-order valence-corrected chi connectivity index (χ4v) is 4.72. The molecule has 0 fully saturated rings. The van der Waals surface area contributed by atoms with Gasteiger partial charge in [0, 0.05) is 26.9 Å². The third kappa shape index (κ3) is 5.09. The molecule has 180 valence electrons. The lowest BCUT2D eigenvalue weighted by Gasteiger charge is -2.47. The number of hydrogen-bond acceptors (Lipinski definition) is 5. The summed E-state index contributed by atoms with van der Waals surface area (Å²) in [5, 5.41) is 7.64. The van der Waals surface area contributed by atoms with Crippen LogP contribution in [0.25, 0.3) is 0 Å². The van der Waals surface area contributed by atoms with Gasteiger partial charge in [-0.3, -0.25) is 4.79 Å². The molecule has 7 nitrogen and oxygen atoms in total. The molecule has 2 aliphatic heterocycles. The SMILES string of the molecule is CCOCCCN1C(=O)C2=C(N[C@@H]1c1ccccc1)N(CCOC)C(=S)N[C@@H]2c1ccccc1. The predicted octanol–water partition coefficient (Wildman–Crippen LogP) is 3.33. The summed E-state index contributed by atoms with van der Waals surface area (Å²) in [5.74, 6) is 0.736. The van der Waals surface area contributed by atoms with E-state index >= 15 is 0 Å². The molecule has 2 atom stereocenters. The van der Waals surface area contributed by atoms with Crippen LogP contribution in [0, 0.1) is 0 Å². The third-order valence-corrected chi connectivity index (χ3v) is 6.40. The monoisotopic (exact) mass is 480 g/mol. The maximum absolute atomic E-state index is 14.2. The Bertz CT molecular complexity index is 1020. The smallest absolute Gasteiger partial charge is 0.257 e. The number of benzene rings is 2. The lowest BCUT2D eigenvalue weighted by Crippen LogP contribution is -2.59. The van der Waals surface area contributed by atoms with Gasteiger partial charge in [0.1, 0.15) is 12.0 Å². The molecule has 2 aromatic carbocycles. The fraction of sp³-hybridized carbons (Fsp3) is 0.385. The van der Waals surface area contributed by atoms with Crippen LogP contribution < -0.4 is 10.6 Å². The Balaban J connectivity index is 1.77. The average molecular weight is 481 g/mol. The number of methoxy groups -OCH3 is 1. The van der Waals surface area contributed by atoms with Gasteiger partial charge in [0.05, 0.1) is 24.8 Å². The largest absolute Gasteiger partial charge is 0.383 e. The quantitative estimate of drug-likeness (QED) is 0.399. The second-order valence-corrected chi connectivity index (χ2v) is 8.59. The minimum atomic E-state index is -0.339. The number of nitrogens with zero attached hydrogens (tertiary/aromatic N) is 2. The number of amides is 1. The molecule has 0 unspecified atom stereocenters. The molecule has 0 aliphatic carbocycles. The normalized spacial score (nSPS) is 20.2. The second-order valence-electron chi connectivity index (χ2n) is 8.21. The summed E-state index contributed by atoms with van der Waals surface area (Å²) in [7, 11) is 1.66. The first-order valence-electron chi connectivity index (χ1n) is 11.7. The summed E-state index contributed by atoms with van der Waals surface area (Å²) >= 11 is 5.75. The first kappa shape index (κ1) is 24.2. The Morgan fingerprint density at radius 2 is 1.62 bits per heavy atom. The Morgan fingerprint density at radius 3 is 2.26 bits per heavy atom. The second kappa shape index (κ2) is 11.5. The van der Waals surface area contributed by atoms with Crippen molar-refractivity contribution in [3.8, 4) is 0 Å². The van der Waals surface area contributed by atoms with E-state index in [-0.39, 0.29) is 18.1 Å². The molecule has 0 radical (unpaired) electrons. The zero-order valence-corrected chi connectivity index (χ0v) is 20.5. The van der Waals surface area contributed by atoms with Gasteiger partial charge < -0.3 is 29.9 Å². The molecule has 1 amide bonds. The molecule has 2 heterocycles. The number of hydrogen-bond donors (Lipinski definition) is 2. The Hall–Kier alpha value is -2.94. The van der Waals surface area contributed by atoms with Gasteiger partial charge in [-0.15, -0.1) is 0 Å². The third-order valence-electron chi connectivity index (χ3n) is 6.06. The van der Waals surface area contributed by atoms with E-state index < -0.39 is 0 Å². The van der Waals surface area contributed by atoms with Crippen molar-refractivity contribution in [2.45, 2.75) is 25.6 Å². The Labute approximate surface area is 206 Å². The van der Waals surface area contributed by atoms with Crippen molar-refractivity contribution in [2.75, 3.05) is 40.0 Å². The fourth-order valence-electron chi connectivity index (χ4n) is 4.42. The van der Waals surface area contributed by atoms with Gasteiger partial charge in [-0.2, -0.15) is 0 Å². The van der Waals surface area contributed by atoms with E-state index in [9.17, 15) is 4.79 Å². The maximum Gasteiger partial charge on any atom is 0.257 e. The highest BCUT2D eigenvalue weighted by Gasteiger charge is 2.43.